The van der Waals surface area contributed by atoms with Crippen LogP contribution in [-0.4, -0.2) is 50.7 Å². The van der Waals surface area contributed by atoms with Crippen LogP contribution in [0.4, 0.5) is 4.39 Å². The molecule has 0 fully saturated rings. The fourth-order valence-corrected chi connectivity index (χ4v) is 0.106. The molecule has 0 bridgehead atoms. The fraction of sp³-hybridized carbons (Fsp3) is 0.333. The Morgan fingerprint density at radius 3 is 1.31 bits per heavy atom. The first-order chi connectivity index (χ1) is 5.29. The van der Waals surface area contributed by atoms with E-state index < -0.39 is 25.4 Å². The van der Waals surface area contributed by atoms with Crippen molar-refractivity contribution in [3.8, 4) is 0 Å². The van der Waals surface area contributed by atoms with Crippen molar-refractivity contribution < 1.29 is 59.6 Å². The number of hydrogen-bond acceptors (Lipinski definition) is 5. The normalized spacial score (nSPS) is 7.77. The molecule has 10 heteroatoms. The molecule has 0 saturated heterocycles. The van der Waals surface area contributed by atoms with Crippen molar-refractivity contribution in [3.05, 3.63) is 0 Å². The second kappa shape index (κ2) is 9.50. The first-order valence-electron chi connectivity index (χ1n) is 2.43. The molecule has 13 heavy (non-hydrogen) atoms. The van der Waals surface area contributed by atoms with Crippen molar-refractivity contribution in [2.45, 2.75) is 6.17 Å². The largest absolute Gasteiger partial charge is 1.00 e. The van der Waals surface area contributed by atoms with Gasteiger partial charge in [-0.15, -0.1) is 0 Å². The van der Waals surface area contributed by atoms with Gasteiger partial charge < -0.3 is 26.7 Å². The first kappa shape index (κ1) is 18.2. The summed E-state index contributed by atoms with van der Waals surface area (Å²) in [4.78, 5) is 18.8. The van der Waals surface area contributed by atoms with Crippen LogP contribution in [0.3, 0.4) is 0 Å². The van der Waals surface area contributed by atoms with Crippen LogP contribution < -0.4 is 18.9 Å². The number of alkyl halides is 1. The second-order valence-corrected chi connectivity index (χ2v) is 1.39. The third-order valence-corrected chi connectivity index (χ3v) is 0.434. The summed E-state index contributed by atoms with van der Waals surface area (Å²) < 4.78 is 11.4. The zero-order chi connectivity index (χ0) is 10.3. The zero-order valence-corrected chi connectivity index (χ0v) is 6.59. The van der Waals surface area contributed by atoms with Gasteiger partial charge in [0, 0.05) is 0 Å². The molecule has 0 saturated carbocycles. The van der Waals surface area contributed by atoms with Crippen molar-refractivity contribution in [3.63, 3.8) is 0 Å². The van der Waals surface area contributed by atoms with Crippen LogP contribution in [0, 0.1) is 0 Å². The van der Waals surface area contributed by atoms with Gasteiger partial charge in [-0.1, -0.05) is 0 Å². The summed E-state index contributed by atoms with van der Waals surface area (Å²) in [5.41, 5.74) is 0. The summed E-state index contributed by atoms with van der Waals surface area (Å²) in [5, 5.41) is 36.7. The van der Waals surface area contributed by atoms with Gasteiger partial charge in [-0.2, -0.15) is 0 Å². The minimum Gasteiger partial charge on any atom is -1.00 e. The molecule has 0 aliphatic rings. The Morgan fingerprint density at radius 1 is 1.15 bits per heavy atom. The second-order valence-electron chi connectivity index (χ2n) is 1.39. The monoisotopic (exact) mass is 192 g/mol. The van der Waals surface area contributed by atoms with Crippen LogP contribution in [-0.2, 0) is 9.59 Å². The molecule has 0 aromatic carbocycles. The van der Waals surface area contributed by atoms with E-state index in [4.69, 9.17) is 25.3 Å². The maximum atomic E-state index is 11.4. The average Bonchev–Trinajstić information content (AvgIpc) is 1.84. The van der Waals surface area contributed by atoms with Crippen LogP contribution >= 0.6 is 0 Å². The number of hydrogen-bond donors (Lipinski definition) is 5. The van der Waals surface area contributed by atoms with E-state index in [1.165, 1.54) is 0 Å². The molecule has 0 aromatic heterocycles. The van der Waals surface area contributed by atoms with Crippen molar-refractivity contribution in [2.75, 3.05) is 0 Å². The van der Waals surface area contributed by atoms with Crippen molar-refractivity contribution in [1.29, 1.82) is 0 Å². The van der Waals surface area contributed by atoms with Gasteiger partial charge in [0.2, 0.25) is 0 Å². The van der Waals surface area contributed by atoms with Gasteiger partial charge in [-0.25, -0.2) is 14.0 Å². The molecule has 72 valence electrons. The molecule has 0 aliphatic heterocycles. The van der Waals surface area contributed by atoms with Crippen LogP contribution in [0.5, 0.6) is 0 Å². The van der Waals surface area contributed by atoms with E-state index in [2.05, 4.69) is 0 Å². The van der Waals surface area contributed by atoms with Gasteiger partial charge in [0.25, 0.3) is 6.17 Å². The SMILES string of the molecule is O=C(O)C(F)C(=O)O.OB(O)O.[H-].[Li+]. The van der Waals surface area contributed by atoms with Gasteiger partial charge >= 0.3 is 38.1 Å². The van der Waals surface area contributed by atoms with E-state index in [0.717, 1.165) is 0 Å². The number of carboxylic acid groups (broad SMARTS) is 2. The molecule has 0 unspecified atom stereocenters. The molecular weight excluding hydrogens is 185 g/mol. The van der Waals surface area contributed by atoms with E-state index in [0.29, 0.717) is 0 Å². The first-order valence-corrected chi connectivity index (χ1v) is 2.43. The molecule has 0 amide bonds. The summed E-state index contributed by atoms with van der Waals surface area (Å²) in [5.74, 6) is -3.95. The molecule has 0 atom stereocenters. The zero-order valence-electron chi connectivity index (χ0n) is 7.59. The van der Waals surface area contributed by atoms with Crippen LogP contribution in [0.15, 0.2) is 0 Å². The predicted molar refractivity (Wildman–Crippen MR) is 33.7 cm³/mol. The minimum atomic E-state index is -2.80. The van der Waals surface area contributed by atoms with E-state index in [-0.39, 0.29) is 20.3 Å². The topological polar surface area (TPSA) is 135 Å². The molecule has 0 aromatic rings. The number of halogens is 1. The quantitative estimate of drug-likeness (QED) is 0.217. The Labute approximate surface area is 85.6 Å². The van der Waals surface area contributed by atoms with E-state index in [1.807, 2.05) is 0 Å². The summed E-state index contributed by atoms with van der Waals surface area (Å²) in [6, 6.07) is 0. The third kappa shape index (κ3) is 18.4. The Hall–Kier alpha value is -0.588. The number of carboxylic acids is 2. The molecule has 0 radical (unpaired) electrons. The van der Waals surface area contributed by atoms with E-state index in [1.54, 1.807) is 0 Å². The van der Waals surface area contributed by atoms with Crippen LogP contribution in [0.25, 0.3) is 0 Å². The molecule has 0 rings (SSSR count). The van der Waals surface area contributed by atoms with E-state index >= 15 is 0 Å². The number of carbonyl (C=O) groups is 2. The molecule has 0 aliphatic carbocycles. The predicted octanol–water partition coefficient (Wildman–Crippen LogP) is -5.44. The molecule has 0 heterocycles. The van der Waals surface area contributed by atoms with Gasteiger partial charge in [-0.05, 0) is 0 Å². The van der Waals surface area contributed by atoms with Gasteiger partial charge in [0.1, 0.15) is 0 Å². The third-order valence-electron chi connectivity index (χ3n) is 0.434. The average molecular weight is 192 g/mol. The summed E-state index contributed by atoms with van der Waals surface area (Å²) in [7, 11) is -2.17. The maximum absolute atomic E-state index is 11.4. The Morgan fingerprint density at radius 2 is 1.31 bits per heavy atom. The molecule has 7 nitrogen and oxygen atoms in total. The molecule has 5 N–H and O–H groups in total. The summed E-state index contributed by atoms with van der Waals surface area (Å²) in [6.07, 6.45) is -2.80. The van der Waals surface area contributed by atoms with Crippen molar-refractivity contribution >= 4 is 19.3 Å². The minimum absolute atomic E-state index is 0. The fourth-order valence-electron chi connectivity index (χ4n) is 0.106. The van der Waals surface area contributed by atoms with Crippen LogP contribution in [0.2, 0.25) is 0 Å². The maximum Gasteiger partial charge on any atom is 1.00 e. The summed E-state index contributed by atoms with van der Waals surface area (Å²) >= 11 is 0. The number of aliphatic carboxylic acids is 2. The van der Waals surface area contributed by atoms with Gasteiger partial charge in [0.05, 0.1) is 0 Å². The van der Waals surface area contributed by atoms with Crippen LogP contribution in [0.1, 0.15) is 1.43 Å². The number of rotatable bonds is 2. The Kier molecular flexibility index (Phi) is 13.3. The van der Waals surface area contributed by atoms with Gasteiger partial charge in [-0.3, -0.25) is 0 Å². The van der Waals surface area contributed by atoms with Gasteiger partial charge in [0.15, 0.2) is 0 Å². The summed E-state index contributed by atoms with van der Waals surface area (Å²) in [6.45, 7) is 0. The smallest absolute Gasteiger partial charge is 1.00 e. The van der Waals surface area contributed by atoms with Crippen molar-refractivity contribution in [1.82, 2.24) is 0 Å². The Bertz CT molecular complexity index is 152. The van der Waals surface area contributed by atoms with Crippen molar-refractivity contribution in [2.24, 2.45) is 0 Å². The standard InChI is InChI=1S/C3H3FO4.BH3O3.Li.H/c4-1(2(5)6)3(7)8;2-1(3)4;;/h1H,(H,5,6)(H,7,8);2-4H;;/q;;+1;-1. The van der Waals surface area contributed by atoms with E-state index in [9.17, 15) is 14.0 Å². The Balaban J connectivity index is -0.0000000733. The molecular formula is C3H7BFLiO7. The molecule has 0 spiro atoms.